The number of hydrogen-bond donors (Lipinski definition) is 0. The van der Waals surface area contributed by atoms with Crippen molar-refractivity contribution in [1.82, 2.24) is 0 Å². The monoisotopic (exact) mass is 297 g/mol. The highest BCUT2D eigenvalue weighted by molar-refractivity contribution is 6.21. The van der Waals surface area contributed by atoms with Crippen LogP contribution in [0.3, 0.4) is 0 Å². The van der Waals surface area contributed by atoms with Gasteiger partial charge in [0, 0.05) is 6.42 Å². The molecular weight excluding hydrogens is 281 g/mol. The first-order valence-electron chi connectivity index (χ1n) is 7.25. The molecule has 0 saturated carbocycles. The molecule has 0 N–H and O–H groups in total. The summed E-state index contributed by atoms with van der Waals surface area (Å²) in [6.45, 7) is 1.96. The lowest BCUT2D eigenvalue weighted by molar-refractivity contribution is -0.122. The minimum atomic E-state index is -0.392. The second-order valence-electron chi connectivity index (χ2n) is 5.55. The van der Waals surface area contributed by atoms with Gasteiger partial charge in [0.05, 0.1) is 11.6 Å². The molecule has 3 nitrogen and oxygen atoms in total. The van der Waals surface area contributed by atoms with Crippen LogP contribution in [0.25, 0.3) is 0 Å². The first kappa shape index (κ1) is 14.4. The quantitative estimate of drug-likeness (QED) is 0.813. The first-order chi connectivity index (χ1) is 10.6. The number of carbonyl (C=O) groups excluding carboxylic acids is 2. The Labute approximate surface area is 128 Å². The molecule has 1 saturated heterocycles. The Kier molecular flexibility index (Phi) is 3.75. The van der Waals surface area contributed by atoms with Gasteiger partial charge in [0.1, 0.15) is 5.82 Å². The van der Waals surface area contributed by atoms with Crippen molar-refractivity contribution in [3.63, 3.8) is 0 Å². The summed E-state index contributed by atoms with van der Waals surface area (Å²) in [5.74, 6) is -1.25. The Morgan fingerprint density at radius 3 is 2.32 bits per heavy atom. The molecule has 0 radical (unpaired) electrons. The summed E-state index contributed by atoms with van der Waals surface area (Å²) in [4.78, 5) is 26.0. The van der Waals surface area contributed by atoms with Gasteiger partial charge in [-0.15, -0.1) is 0 Å². The van der Waals surface area contributed by atoms with E-state index in [9.17, 15) is 14.0 Å². The minimum absolute atomic E-state index is 0.0388. The van der Waals surface area contributed by atoms with Crippen LogP contribution in [0.15, 0.2) is 54.6 Å². The number of anilines is 1. The smallest absolute Gasteiger partial charge is 0.237 e. The van der Waals surface area contributed by atoms with Gasteiger partial charge < -0.3 is 0 Å². The highest BCUT2D eigenvalue weighted by atomic mass is 19.1. The van der Waals surface area contributed by atoms with Crippen molar-refractivity contribution in [2.24, 2.45) is 5.92 Å². The fraction of sp³-hybridized carbons (Fsp3) is 0.222. The van der Waals surface area contributed by atoms with Gasteiger partial charge in [-0.2, -0.15) is 0 Å². The van der Waals surface area contributed by atoms with Crippen molar-refractivity contribution in [3.05, 3.63) is 66.0 Å². The summed E-state index contributed by atoms with van der Waals surface area (Å²) in [5.41, 5.74) is 1.47. The van der Waals surface area contributed by atoms with Crippen LogP contribution in [0.5, 0.6) is 0 Å². The zero-order valence-corrected chi connectivity index (χ0v) is 12.2. The van der Waals surface area contributed by atoms with Crippen molar-refractivity contribution in [3.8, 4) is 0 Å². The average molecular weight is 297 g/mol. The molecule has 3 rings (SSSR count). The lowest BCUT2D eigenvalue weighted by atomic mass is 9.86. The molecule has 2 aromatic carbocycles. The molecule has 0 spiro atoms. The van der Waals surface area contributed by atoms with E-state index in [2.05, 4.69) is 0 Å². The predicted molar refractivity (Wildman–Crippen MR) is 81.9 cm³/mol. The zero-order valence-electron chi connectivity index (χ0n) is 12.2. The molecule has 22 heavy (non-hydrogen) atoms. The van der Waals surface area contributed by atoms with Crippen LogP contribution >= 0.6 is 0 Å². The molecule has 4 heteroatoms. The summed E-state index contributed by atoms with van der Waals surface area (Å²) in [7, 11) is 0. The summed E-state index contributed by atoms with van der Waals surface area (Å²) in [5, 5.41) is 0. The third kappa shape index (κ3) is 2.52. The predicted octanol–water partition coefficient (Wildman–Crippen LogP) is 3.51. The third-order valence-corrected chi connectivity index (χ3v) is 4.20. The van der Waals surface area contributed by atoms with Crippen molar-refractivity contribution >= 4 is 17.5 Å². The minimum Gasteiger partial charge on any atom is -0.274 e. The Bertz CT molecular complexity index is 697. The topological polar surface area (TPSA) is 37.4 Å². The maximum atomic E-state index is 13.0. The molecule has 0 bridgehead atoms. The van der Waals surface area contributed by atoms with E-state index in [-0.39, 0.29) is 30.1 Å². The lowest BCUT2D eigenvalue weighted by Gasteiger charge is -2.19. The maximum absolute atomic E-state index is 13.0. The zero-order chi connectivity index (χ0) is 15.7. The normalized spacial score (nSPS) is 19.5. The van der Waals surface area contributed by atoms with E-state index in [1.54, 1.807) is 0 Å². The van der Waals surface area contributed by atoms with E-state index < -0.39 is 5.82 Å². The Hall–Kier alpha value is -2.49. The highest BCUT2D eigenvalue weighted by Gasteiger charge is 2.42. The summed E-state index contributed by atoms with van der Waals surface area (Å²) >= 11 is 0. The molecule has 0 unspecified atom stereocenters. The Morgan fingerprint density at radius 1 is 1.05 bits per heavy atom. The molecular formula is C18H16FNO2. The maximum Gasteiger partial charge on any atom is 0.237 e. The van der Waals surface area contributed by atoms with Crippen molar-refractivity contribution in [1.29, 1.82) is 0 Å². The summed E-state index contributed by atoms with van der Waals surface area (Å²) in [6, 6.07) is 15.1. The van der Waals surface area contributed by atoms with Crippen molar-refractivity contribution in [2.75, 3.05) is 4.90 Å². The Balaban J connectivity index is 1.87. The number of hydrogen-bond acceptors (Lipinski definition) is 2. The van der Waals surface area contributed by atoms with Gasteiger partial charge in [0.15, 0.2) is 0 Å². The fourth-order valence-electron chi connectivity index (χ4n) is 2.90. The molecule has 1 aliphatic heterocycles. The molecule has 2 aromatic rings. The standard InChI is InChI=1S/C18H16FNO2/c1-12(13-5-3-2-4-6-13)16-11-17(21)20(18(16)22)15-9-7-14(19)8-10-15/h2-10,12,16H,11H2,1H3/t12-,16-/m0/s1. The van der Waals surface area contributed by atoms with Crippen LogP contribution < -0.4 is 4.90 Å². The largest absolute Gasteiger partial charge is 0.274 e. The van der Waals surface area contributed by atoms with E-state index in [0.29, 0.717) is 5.69 Å². The number of benzene rings is 2. The molecule has 112 valence electrons. The van der Waals surface area contributed by atoms with Crippen LogP contribution in [-0.4, -0.2) is 11.8 Å². The highest BCUT2D eigenvalue weighted by Crippen LogP contribution is 2.35. The van der Waals surface area contributed by atoms with E-state index in [1.807, 2.05) is 37.3 Å². The average Bonchev–Trinajstić information content (AvgIpc) is 2.83. The fourth-order valence-corrected chi connectivity index (χ4v) is 2.90. The van der Waals surface area contributed by atoms with E-state index >= 15 is 0 Å². The lowest BCUT2D eigenvalue weighted by Crippen LogP contribution is -2.31. The van der Waals surface area contributed by atoms with Crippen LogP contribution in [0.1, 0.15) is 24.8 Å². The van der Waals surface area contributed by atoms with Crippen molar-refractivity contribution < 1.29 is 14.0 Å². The number of halogens is 1. The summed E-state index contributed by atoms with van der Waals surface area (Å²) in [6.07, 6.45) is 0.187. The molecule has 0 aliphatic carbocycles. The number of rotatable bonds is 3. The molecule has 1 heterocycles. The molecule has 2 atom stereocenters. The van der Waals surface area contributed by atoms with Crippen molar-refractivity contribution in [2.45, 2.75) is 19.3 Å². The van der Waals surface area contributed by atoms with Crippen LogP contribution in [0.4, 0.5) is 10.1 Å². The number of imide groups is 1. The van der Waals surface area contributed by atoms with Crippen LogP contribution in [0.2, 0.25) is 0 Å². The van der Waals surface area contributed by atoms with Gasteiger partial charge in [0.2, 0.25) is 11.8 Å². The second kappa shape index (κ2) is 5.72. The first-order valence-corrected chi connectivity index (χ1v) is 7.25. The molecule has 1 fully saturated rings. The van der Waals surface area contributed by atoms with E-state index in [1.165, 1.54) is 29.2 Å². The van der Waals surface area contributed by atoms with E-state index in [0.717, 1.165) is 5.56 Å². The number of amides is 2. The van der Waals surface area contributed by atoms with E-state index in [4.69, 9.17) is 0 Å². The Morgan fingerprint density at radius 2 is 1.68 bits per heavy atom. The molecule has 2 amide bonds. The van der Waals surface area contributed by atoms with Gasteiger partial charge in [-0.1, -0.05) is 37.3 Å². The SMILES string of the molecule is C[C@@H](c1ccccc1)[C@@H]1CC(=O)N(c2ccc(F)cc2)C1=O. The van der Waals surface area contributed by atoms with Gasteiger partial charge in [-0.05, 0) is 35.7 Å². The summed E-state index contributed by atoms with van der Waals surface area (Å²) < 4.78 is 13.0. The van der Waals surface area contributed by atoms with Crippen LogP contribution in [0, 0.1) is 11.7 Å². The number of carbonyl (C=O) groups is 2. The van der Waals surface area contributed by atoms with Crippen LogP contribution in [-0.2, 0) is 9.59 Å². The van der Waals surface area contributed by atoms with Gasteiger partial charge in [-0.3, -0.25) is 14.5 Å². The van der Waals surface area contributed by atoms with Gasteiger partial charge >= 0.3 is 0 Å². The molecule has 0 aromatic heterocycles. The van der Waals surface area contributed by atoms with Gasteiger partial charge in [0.25, 0.3) is 0 Å². The number of nitrogens with zero attached hydrogens (tertiary/aromatic N) is 1. The second-order valence-corrected chi connectivity index (χ2v) is 5.55. The molecule has 1 aliphatic rings. The third-order valence-electron chi connectivity index (χ3n) is 4.20. The van der Waals surface area contributed by atoms with Gasteiger partial charge in [-0.25, -0.2) is 4.39 Å².